The van der Waals surface area contributed by atoms with E-state index in [2.05, 4.69) is 20.4 Å². The van der Waals surface area contributed by atoms with E-state index in [9.17, 15) is 0 Å². The van der Waals surface area contributed by atoms with E-state index in [4.69, 9.17) is 5.84 Å². The average molecular weight is 205 g/mol. The van der Waals surface area contributed by atoms with Crippen LogP contribution in [0.1, 0.15) is 31.2 Å². The lowest BCUT2D eigenvalue weighted by molar-refractivity contribution is 0.700. The minimum Gasteiger partial charge on any atom is -0.308 e. The Bertz CT molecular complexity index is 329. The van der Waals surface area contributed by atoms with Gasteiger partial charge in [-0.25, -0.2) is 15.8 Å². The molecule has 15 heavy (non-hydrogen) atoms. The normalized spacial score (nSPS) is 18.1. The molecule has 1 aromatic rings. The van der Waals surface area contributed by atoms with Gasteiger partial charge in [0.15, 0.2) is 0 Å². The molecule has 0 atom stereocenters. The third-order valence-corrected chi connectivity index (χ3v) is 2.61. The van der Waals surface area contributed by atoms with E-state index in [0.717, 1.165) is 18.4 Å². The Hall–Kier alpha value is -1.49. The number of hydrogen-bond acceptors (Lipinski definition) is 4. The summed E-state index contributed by atoms with van der Waals surface area (Å²) < 4.78 is 0. The zero-order chi connectivity index (χ0) is 10.5. The summed E-state index contributed by atoms with van der Waals surface area (Å²) in [6.45, 7) is 0. The second-order valence-electron chi connectivity index (χ2n) is 3.69. The third-order valence-electron chi connectivity index (χ3n) is 2.61. The van der Waals surface area contributed by atoms with Gasteiger partial charge in [-0.2, -0.15) is 0 Å². The van der Waals surface area contributed by atoms with Gasteiger partial charge in [0.05, 0.1) is 11.6 Å². The van der Waals surface area contributed by atoms with Gasteiger partial charge in [0.25, 0.3) is 0 Å². The standard InChI is InChI=1S/C10H15N5/c11-15-10(8-5-12-7-13-6-8)14-9-3-1-2-4-9/h5-7,9H,1-4,11H2,(H,14,15). The van der Waals surface area contributed by atoms with E-state index < -0.39 is 0 Å². The van der Waals surface area contributed by atoms with Gasteiger partial charge >= 0.3 is 0 Å². The second kappa shape index (κ2) is 4.84. The summed E-state index contributed by atoms with van der Waals surface area (Å²) in [4.78, 5) is 12.4. The van der Waals surface area contributed by atoms with Crippen LogP contribution in [0.4, 0.5) is 0 Å². The summed E-state index contributed by atoms with van der Waals surface area (Å²) in [5, 5.41) is 0. The molecule has 0 aliphatic heterocycles. The van der Waals surface area contributed by atoms with Crippen LogP contribution in [-0.2, 0) is 0 Å². The Kier molecular flexibility index (Phi) is 3.24. The van der Waals surface area contributed by atoms with E-state index >= 15 is 0 Å². The summed E-state index contributed by atoms with van der Waals surface area (Å²) in [5.74, 6) is 6.13. The lowest BCUT2D eigenvalue weighted by Crippen LogP contribution is -2.32. The fourth-order valence-corrected chi connectivity index (χ4v) is 1.83. The van der Waals surface area contributed by atoms with Crippen molar-refractivity contribution in [2.75, 3.05) is 0 Å². The van der Waals surface area contributed by atoms with Gasteiger partial charge in [0, 0.05) is 12.4 Å². The van der Waals surface area contributed by atoms with Crippen LogP contribution in [-0.4, -0.2) is 21.8 Å². The van der Waals surface area contributed by atoms with Crippen LogP contribution in [0.5, 0.6) is 0 Å². The van der Waals surface area contributed by atoms with Gasteiger partial charge in [-0.05, 0) is 12.8 Å². The molecule has 0 saturated heterocycles. The first-order chi connectivity index (χ1) is 7.40. The molecule has 80 valence electrons. The first kappa shape index (κ1) is 10.0. The fourth-order valence-electron chi connectivity index (χ4n) is 1.83. The van der Waals surface area contributed by atoms with Crippen molar-refractivity contribution in [2.45, 2.75) is 31.7 Å². The summed E-state index contributed by atoms with van der Waals surface area (Å²) >= 11 is 0. The monoisotopic (exact) mass is 205 g/mol. The highest BCUT2D eigenvalue weighted by Gasteiger charge is 2.15. The molecule has 5 nitrogen and oxygen atoms in total. The van der Waals surface area contributed by atoms with Crippen molar-refractivity contribution < 1.29 is 0 Å². The third kappa shape index (κ3) is 2.50. The van der Waals surface area contributed by atoms with Gasteiger partial charge in [0.1, 0.15) is 12.2 Å². The Morgan fingerprint density at radius 2 is 2.00 bits per heavy atom. The van der Waals surface area contributed by atoms with Crippen LogP contribution >= 0.6 is 0 Å². The number of nitrogens with one attached hydrogen (secondary N) is 1. The zero-order valence-electron chi connectivity index (χ0n) is 8.56. The molecule has 1 aliphatic carbocycles. The molecule has 3 N–H and O–H groups in total. The van der Waals surface area contributed by atoms with Crippen LogP contribution in [0.15, 0.2) is 23.7 Å². The van der Waals surface area contributed by atoms with Gasteiger partial charge in [-0.15, -0.1) is 0 Å². The number of nitrogens with zero attached hydrogens (tertiary/aromatic N) is 3. The number of amidine groups is 1. The Labute approximate surface area is 88.8 Å². The van der Waals surface area contributed by atoms with Crippen LogP contribution in [0.2, 0.25) is 0 Å². The van der Waals surface area contributed by atoms with Gasteiger partial charge < -0.3 is 5.43 Å². The van der Waals surface area contributed by atoms with E-state index in [1.54, 1.807) is 12.4 Å². The maximum absolute atomic E-state index is 5.45. The Morgan fingerprint density at radius 1 is 1.33 bits per heavy atom. The maximum Gasteiger partial charge on any atom is 0.145 e. The van der Waals surface area contributed by atoms with E-state index in [1.807, 2.05) is 0 Å². The predicted octanol–water partition coefficient (Wildman–Crippen LogP) is 0.629. The number of aromatic nitrogens is 2. The molecule has 0 spiro atoms. The minimum absolute atomic E-state index is 0.399. The lowest BCUT2D eigenvalue weighted by atomic mass is 10.2. The van der Waals surface area contributed by atoms with Crippen LogP contribution in [0, 0.1) is 0 Å². The average Bonchev–Trinajstić information content (AvgIpc) is 2.80. The molecule has 0 aromatic carbocycles. The molecule has 2 rings (SSSR count). The van der Waals surface area contributed by atoms with Gasteiger partial charge in [-0.3, -0.25) is 4.99 Å². The molecule has 1 heterocycles. The number of hydrogen-bond donors (Lipinski definition) is 2. The summed E-state index contributed by atoms with van der Waals surface area (Å²) in [6.07, 6.45) is 9.74. The molecular weight excluding hydrogens is 190 g/mol. The van der Waals surface area contributed by atoms with Crippen molar-refractivity contribution >= 4 is 5.84 Å². The van der Waals surface area contributed by atoms with Crippen LogP contribution < -0.4 is 11.3 Å². The van der Waals surface area contributed by atoms with Crippen LogP contribution in [0.25, 0.3) is 0 Å². The number of aliphatic imine (C=N–C) groups is 1. The molecule has 1 saturated carbocycles. The smallest absolute Gasteiger partial charge is 0.145 e. The van der Waals surface area contributed by atoms with Crippen molar-refractivity contribution in [3.63, 3.8) is 0 Å². The quantitative estimate of drug-likeness (QED) is 0.321. The summed E-state index contributed by atoms with van der Waals surface area (Å²) in [7, 11) is 0. The molecule has 1 aliphatic rings. The fraction of sp³-hybridized carbons (Fsp3) is 0.500. The molecule has 0 radical (unpaired) electrons. The van der Waals surface area contributed by atoms with Crippen molar-refractivity contribution in [2.24, 2.45) is 10.8 Å². The Morgan fingerprint density at radius 3 is 2.60 bits per heavy atom. The van der Waals surface area contributed by atoms with Gasteiger partial charge in [0.2, 0.25) is 0 Å². The number of nitrogens with two attached hydrogens (primary N) is 1. The lowest BCUT2D eigenvalue weighted by Gasteiger charge is -2.08. The van der Waals surface area contributed by atoms with E-state index in [1.165, 1.54) is 19.2 Å². The second-order valence-corrected chi connectivity index (χ2v) is 3.69. The molecule has 0 amide bonds. The molecule has 1 aromatic heterocycles. The minimum atomic E-state index is 0.399. The van der Waals surface area contributed by atoms with Crippen molar-refractivity contribution in [3.8, 4) is 0 Å². The van der Waals surface area contributed by atoms with Gasteiger partial charge in [-0.1, -0.05) is 12.8 Å². The van der Waals surface area contributed by atoms with E-state index in [0.29, 0.717) is 11.9 Å². The molecule has 0 bridgehead atoms. The molecule has 5 heteroatoms. The Balaban J connectivity index is 2.16. The zero-order valence-corrected chi connectivity index (χ0v) is 8.56. The number of rotatable bonds is 2. The first-order valence-corrected chi connectivity index (χ1v) is 5.20. The maximum atomic E-state index is 5.45. The summed E-state index contributed by atoms with van der Waals surface area (Å²) in [6, 6.07) is 0.399. The first-order valence-electron chi connectivity index (χ1n) is 5.20. The SMILES string of the molecule is NNC(=NC1CCCC1)c1cncnc1. The van der Waals surface area contributed by atoms with Crippen molar-refractivity contribution in [1.82, 2.24) is 15.4 Å². The highest BCUT2D eigenvalue weighted by molar-refractivity contribution is 5.97. The van der Waals surface area contributed by atoms with Crippen LogP contribution in [0.3, 0.4) is 0 Å². The van der Waals surface area contributed by atoms with Crippen molar-refractivity contribution in [1.29, 1.82) is 0 Å². The van der Waals surface area contributed by atoms with E-state index in [-0.39, 0.29) is 0 Å². The largest absolute Gasteiger partial charge is 0.308 e. The molecular formula is C10H15N5. The molecule has 0 unspecified atom stereocenters. The van der Waals surface area contributed by atoms with Crippen molar-refractivity contribution in [3.05, 3.63) is 24.3 Å². The highest BCUT2D eigenvalue weighted by atomic mass is 15.3. The molecule has 1 fully saturated rings. The predicted molar refractivity (Wildman–Crippen MR) is 58.1 cm³/mol. The topological polar surface area (TPSA) is 76.2 Å². The summed E-state index contributed by atoms with van der Waals surface area (Å²) in [5.41, 5.74) is 3.45. The highest BCUT2D eigenvalue weighted by Crippen LogP contribution is 2.21. The number of hydrazine groups is 1.